The Labute approximate surface area is 132 Å². The minimum absolute atomic E-state index is 0.223. The summed E-state index contributed by atoms with van der Waals surface area (Å²) >= 11 is 0. The molecule has 1 aromatic carbocycles. The molecule has 1 aliphatic heterocycles. The average molecular weight is 306 g/mol. The van der Waals surface area contributed by atoms with Crippen LogP contribution >= 0.6 is 0 Å². The molecule has 0 amide bonds. The van der Waals surface area contributed by atoms with Crippen molar-refractivity contribution >= 4 is 11.7 Å². The highest BCUT2D eigenvalue weighted by molar-refractivity contribution is 5.66. The molecule has 0 fully saturated rings. The Kier molecular flexibility index (Phi) is 6.52. The van der Waals surface area contributed by atoms with E-state index in [0.29, 0.717) is 0 Å². The lowest BCUT2D eigenvalue weighted by atomic mass is 10.1. The Morgan fingerprint density at radius 2 is 2.23 bits per heavy atom. The quantitative estimate of drug-likeness (QED) is 0.612. The number of ether oxygens (including phenoxy) is 1. The fourth-order valence-corrected chi connectivity index (χ4v) is 2.55. The van der Waals surface area contributed by atoms with Crippen LogP contribution < -0.4 is 15.4 Å². The third kappa shape index (κ3) is 5.56. The molecule has 3 N–H and O–H groups in total. The molecule has 0 saturated carbocycles. The summed E-state index contributed by atoms with van der Waals surface area (Å²) in [6.45, 7) is 4.80. The van der Waals surface area contributed by atoms with Crippen molar-refractivity contribution in [1.82, 2.24) is 5.32 Å². The largest absolute Gasteiger partial charge is 0.487 e. The van der Waals surface area contributed by atoms with E-state index >= 15 is 0 Å². The molecule has 0 aliphatic carbocycles. The van der Waals surface area contributed by atoms with Crippen molar-refractivity contribution in [2.45, 2.75) is 45.1 Å². The Balaban J connectivity index is 1.60. The van der Waals surface area contributed by atoms with E-state index in [1.165, 1.54) is 5.56 Å². The smallest absolute Gasteiger partial charge is 0.303 e. The molecule has 22 heavy (non-hydrogen) atoms. The Bertz CT molecular complexity index is 491. The molecule has 5 nitrogen and oxygen atoms in total. The topological polar surface area (TPSA) is 70.6 Å². The second-order valence-electron chi connectivity index (χ2n) is 5.84. The molecule has 0 radical (unpaired) electrons. The van der Waals surface area contributed by atoms with Gasteiger partial charge in [0.25, 0.3) is 0 Å². The molecular weight excluding hydrogens is 280 g/mol. The van der Waals surface area contributed by atoms with E-state index in [4.69, 9.17) is 9.84 Å². The molecule has 0 saturated heterocycles. The van der Waals surface area contributed by atoms with Crippen LogP contribution in [0.1, 0.15) is 38.2 Å². The van der Waals surface area contributed by atoms with Crippen molar-refractivity contribution in [3.63, 3.8) is 0 Å². The normalized spacial score (nSPS) is 16.5. The van der Waals surface area contributed by atoms with Gasteiger partial charge in [-0.05, 0) is 57.0 Å². The van der Waals surface area contributed by atoms with Gasteiger partial charge in [0.15, 0.2) is 0 Å². The van der Waals surface area contributed by atoms with E-state index in [2.05, 4.69) is 29.7 Å². The first-order valence-electron chi connectivity index (χ1n) is 8.11. The lowest BCUT2D eigenvalue weighted by Gasteiger charge is -2.25. The van der Waals surface area contributed by atoms with E-state index in [9.17, 15) is 4.79 Å². The zero-order valence-electron chi connectivity index (χ0n) is 13.2. The van der Waals surface area contributed by atoms with Crippen molar-refractivity contribution in [3.8, 4) is 5.75 Å². The summed E-state index contributed by atoms with van der Waals surface area (Å²) in [6, 6.07) is 6.32. The minimum Gasteiger partial charge on any atom is -0.487 e. The molecule has 0 spiro atoms. The molecule has 1 aromatic rings. The third-order valence-corrected chi connectivity index (χ3v) is 3.79. The molecule has 1 unspecified atom stereocenters. The highest BCUT2D eigenvalue weighted by atomic mass is 16.5. The van der Waals surface area contributed by atoms with Crippen LogP contribution in [0.15, 0.2) is 18.2 Å². The zero-order chi connectivity index (χ0) is 15.8. The van der Waals surface area contributed by atoms with Gasteiger partial charge in [-0.25, -0.2) is 0 Å². The Morgan fingerprint density at radius 1 is 1.36 bits per heavy atom. The van der Waals surface area contributed by atoms with Gasteiger partial charge >= 0.3 is 5.97 Å². The third-order valence-electron chi connectivity index (χ3n) is 3.79. The predicted octanol–water partition coefficient (Wildman–Crippen LogP) is 2.66. The molecule has 0 aromatic heterocycles. The van der Waals surface area contributed by atoms with Crippen LogP contribution in [0.2, 0.25) is 0 Å². The average Bonchev–Trinajstić information content (AvgIpc) is 2.49. The fraction of sp³-hybridized carbons (Fsp3) is 0.588. The van der Waals surface area contributed by atoms with Gasteiger partial charge < -0.3 is 20.5 Å². The van der Waals surface area contributed by atoms with Gasteiger partial charge in [0.05, 0.1) is 12.2 Å². The van der Waals surface area contributed by atoms with Crippen LogP contribution in [0, 0.1) is 0 Å². The first-order chi connectivity index (χ1) is 10.6. The van der Waals surface area contributed by atoms with E-state index in [1.807, 2.05) is 6.07 Å². The number of carbonyl (C=O) groups is 1. The molecule has 1 atom stereocenters. The standard InChI is InChI=1S/C17H26N2O3/c1-13-12-19-15-11-14(6-7-16(15)22-13)8-10-18-9-4-2-3-5-17(20)21/h6-7,11,13,18-19H,2-5,8-10,12H2,1H3,(H,20,21). The molecule has 1 heterocycles. The predicted molar refractivity (Wildman–Crippen MR) is 87.7 cm³/mol. The highest BCUT2D eigenvalue weighted by Gasteiger charge is 2.15. The van der Waals surface area contributed by atoms with Gasteiger partial charge in [0.2, 0.25) is 0 Å². The first kappa shape index (κ1) is 16.6. The summed E-state index contributed by atoms with van der Waals surface area (Å²) < 4.78 is 5.76. The number of nitrogens with one attached hydrogen (secondary N) is 2. The molecule has 1 aliphatic rings. The maximum absolute atomic E-state index is 10.4. The lowest BCUT2D eigenvalue weighted by molar-refractivity contribution is -0.137. The number of fused-ring (bicyclic) bond motifs is 1. The van der Waals surface area contributed by atoms with Gasteiger partial charge in [-0.3, -0.25) is 4.79 Å². The Hall–Kier alpha value is -1.75. The van der Waals surface area contributed by atoms with Crippen LogP contribution in [0.25, 0.3) is 0 Å². The number of carboxylic acids is 1. The van der Waals surface area contributed by atoms with Crippen molar-refractivity contribution < 1.29 is 14.6 Å². The van der Waals surface area contributed by atoms with Crippen molar-refractivity contribution in [2.75, 3.05) is 25.0 Å². The van der Waals surface area contributed by atoms with Gasteiger partial charge in [0.1, 0.15) is 11.9 Å². The van der Waals surface area contributed by atoms with E-state index in [1.54, 1.807) is 0 Å². The van der Waals surface area contributed by atoms with Crippen molar-refractivity contribution in [2.24, 2.45) is 0 Å². The van der Waals surface area contributed by atoms with Crippen LogP contribution in [0.3, 0.4) is 0 Å². The second-order valence-corrected chi connectivity index (χ2v) is 5.84. The Morgan fingerprint density at radius 3 is 3.05 bits per heavy atom. The monoisotopic (exact) mass is 306 g/mol. The number of hydrogen-bond acceptors (Lipinski definition) is 4. The van der Waals surface area contributed by atoms with E-state index in [-0.39, 0.29) is 12.5 Å². The number of unbranched alkanes of at least 4 members (excludes halogenated alkanes) is 2. The number of rotatable bonds is 9. The fourth-order valence-electron chi connectivity index (χ4n) is 2.55. The minimum atomic E-state index is -0.702. The summed E-state index contributed by atoms with van der Waals surface area (Å²) in [5, 5.41) is 15.4. The molecule has 0 bridgehead atoms. The van der Waals surface area contributed by atoms with Gasteiger partial charge in [0, 0.05) is 6.42 Å². The van der Waals surface area contributed by atoms with Crippen LogP contribution in [-0.2, 0) is 11.2 Å². The van der Waals surface area contributed by atoms with Crippen LogP contribution in [-0.4, -0.2) is 36.8 Å². The van der Waals surface area contributed by atoms with Crippen molar-refractivity contribution in [1.29, 1.82) is 0 Å². The SMILES string of the molecule is CC1CNc2cc(CCNCCCCCC(=O)O)ccc2O1. The summed E-state index contributed by atoms with van der Waals surface area (Å²) in [4.78, 5) is 10.4. The van der Waals surface area contributed by atoms with Crippen LogP contribution in [0.5, 0.6) is 5.75 Å². The van der Waals surface area contributed by atoms with Gasteiger partial charge in [-0.2, -0.15) is 0 Å². The summed E-state index contributed by atoms with van der Waals surface area (Å²) in [6.07, 6.45) is 4.26. The zero-order valence-corrected chi connectivity index (χ0v) is 13.2. The molecule has 5 heteroatoms. The van der Waals surface area contributed by atoms with E-state index < -0.39 is 5.97 Å². The van der Waals surface area contributed by atoms with Crippen molar-refractivity contribution in [3.05, 3.63) is 23.8 Å². The number of aliphatic carboxylic acids is 1. The van der Waals surface area contributed by atoms with E-state index in [0.717, 1.165) is 56.8 Å². The lowest BCUT2D eigenvalue weighted by Crippen LogP contribution is -2.27. The van der Waals surface area contributed by atoms with Gasteiger partial charge in [-0.1, -0.05) is 12.5 Å². The maximum atomic E-state index is 10.4. The van der Waals surface area contributed by atoms with Crippen LogP contribution in [0.4, 0.5) is 5.69 Å². The van der Waals surface area contributed by atoms with Gasteiger partial charge in [-0.15, -0.1) is 0 Å². The summed E-state index contributed by atoms with van der Waals surface area (Å²) in [7, 11) is 0. The molecular formula is C17H26N2O3. The number of hydrogen-bond donors (Lipinski definition) is 3. The number of anilines is 1. The second kappa shape index (κ2) is 8.63. The highest BCUT2D eigenvalue weighted by Crippen LogP contribution is 2.29. The maximum Gasteiger partial charge on any atom is 0.303 e. The molecule has 122 valence electrons. The molecule has 2 rings (SSSR count). The number of carboxylic acid groups (broad SMARTS) is 1. The summed E-state index contributed by atoms with van der Waals surface area (Å²) in [5.74, 6) is 0.237. The summed E-state index contributed by atoms with van der Waals surface area (Å²) in [5.41, 5.74) is 2.38. The first-order valence-corrected chi connectivity index (χ1v) is 8.11. The number of benzene rings is 1.